The third kappa shape index (κ3) is 4.29. The van der Waals surface area contributed by atoms with Gasteiger partial charge in [-0.25, -0.2) is 4.79 Å². The predicted molar refractivity (Wildman–Crippen MR) is 86.5 cm³/mol. The van der Waals surface area contributed by atoms with Crippen molar-refractivity contribution in [3.05, 3.63) is 23.8 Å². The highest BCUT2D eigenvalue weighted by atomic mass is 16.5. The van der Waals surface area contributed by atoms with Gasteiger partial charge in [-0.3, -0.25) is 0 Å². The Morgan fingerprint density at radius 3 is 2.55 bits per heavy atom. The van der Waals surface area contributed by atoms with Gasteiger partial charge in [0.1, 0.15) is 0 Å². The van der Waals surface area contributed by atoms with Crippen LogP contribution in [0.5, 0.6) is 11.5 Å². The molecule has 2 rings (SSSR count). The molecule has 1 unspecified atom stereocenters. The highest BCUT2D eigenvalue weighted by Crippen LogP contribution is 2.29. The molecule has 0 radical (unpaired) electrons. The molecule has 122 valence electrons. The molecule has 0 aromatic heterocycles. The molecular formula is C17H26N2O3. The zero-order valence-corrected chi connectivity index (χ0v) is 13.6. The highest BCUT2D eigenvalue weighted by Gasteiger charge is 2.17. The zero-order chi connectivity index (χ0) is 15.9. The van der Waals surface area contributed by atoms with E-state index in [1.165, 1.54) is 25.7 Å². The Kier molecular flexibility index (Phi) is 5.92. The number of carbonyl (C=O) groups excluding carboxylic acids is 1. The molecular weight excluding hydrogens is 280 g/mol. The Labute approximate surface area is 132 Å². The second-order valence-corrected chi connectivity index (χ2v) is 5.84. The van der Waals surface area contributed by atoms with Crippen LogP contribution in [0, 0.1) is 5.92 Å². The minimum atomic E-state index is -0.116. The van der Waals surface area contributed by atoms with Crippen molar-refractivity contribution in [2.24, 2.45) is 5.92 Å². The Morgan fingerprint density at radius 1 is 1.23 bits per heavy atom. The summed E-state index contributed by atoms with van der Waals surface area (Å²) in [7, 11) is 3.21. The van der Waals surface area contributed by atoms with E-state index in [1.54, 1.807) is 14.2 Å². The number of methoxy groups -OCH3 is 2. The van der Waals surface area contributed by atoms with Gasteiger partial charge in [0.05, 0.1) is 20.3 Å². The summed E-state index contributed by atoms with van der Waals surface area (Å²) in [5.41, 5.74) is 0.980. The standard InChI is InChI=1S/C17H26N2O3/c1-12(14-8-9-15(21-2)16(10-14)22-3)19-17(20)18-11-13-6-4-5-7-13/h8-10,12-13H,4-7,11H2,1-3H3,(H2,18,19,20). The van der Waals surface area contributed by atoms with Crippen LogP contribution in [0.3, 0.4) is 0 Å². The lowest BCUT2D eigenvalue weighted by atomic mass is 10.1. The average molecular weight is 306 g/mol. The smallest absolute Gasteiger partial charge is 0.315 e. The van der Waals surface area contributed by atoms with Gasteiger partial charge in [0.2, 0.25) is 0 Å². The van der Waals surface area contributed by atoms with Crippen LogP contribution in [0.4, 0.5) is 4.79 Å². The molecule has 0 heterocycles. The van der Waals surface area contributed by atoms with E-state index in [0.29, 0.717) is 17.4 Å². The molecule has 1 aromatic rings. The van der Waals surface area contributed by atoms with Gasteiger partial charge < -0.3 is 20.1 Å². The summed E-state index contributed by atoms with van der Waals surface area (Å²) in [4.78, 5) is 12.0. The first kappa shape index (κ1) is 16.5. The first-order chi connectivity index (χ1) is 10.6. The number of nitrogens with one attached hydrogen (secondary N) is 2. The molecule has 1 atom stereocenters. The van der Waals surface area contributed by atoms with Crippen LogP contribution < -0.4 is 20.1 Å². The molecule has 5 nitrogen and oxygen atoms in total. The van der Waals surface area contributed by atoms with Crippen molar-refractivity contribution in [2.75, 3.05) is 20.8 Å². The minimum Gasteiger partial charge on any atom is -0.493 e. The second kappa shape index (κ2) is 7.92. The van der Waals surface area contributed by atoms with Gasteiger partial charge in [0.15, 0.2) is 11.5 Å². The predicted octanol–water partition coefficient (Wildman–Crippen LogP) is 3.25. The fourth-order valence-electron chi connectivity index (χ4n) is 2.90. The van der Waals surface area contributed by atoms with Crippen LogP contribution in [0.1, 0.15) is 44.2 Å². The van der Waals surface area contributed by atoms with Crippen LogP contribution in [0.2, 0.25) is 0 Å². The number of hydrogen-bond acceptors (Lipinski definition) is 3. The first-order valence-electron chi connectivity index (χ1n) is 7.90. The van der Waals surface area contributed by atoms with Gasteiger partial charge in [0, 0.05) is 6.54 Å². The van der Waals surface area contributed by atoms with Gasteiger partial charge in [0.25, 0.3) is 0 Å². The molecule has 0 bridgehead atoms. The number of rotatable bonds is 6. The van der Waals surface area contributed by atoms with E-state index >= 15 is 0 Å². The molecule has 2 amide bonds. The minimum absolute atomic E-state index is 0.0941. The molecule has 0 spiro atoms. The second-order valence-electron chi connectivity index (χ2n) is 5.84. The van der Waals surface area contributed by atoms with E-state index in [-0.39, 0.29) is 12.1 Å². The monoisotopic (exact) mass is 306 g/mol. The van der Waals surface area contributed by atoms with Gasteiger partial charge >= 0.3 is 6.03 Å². The van der Waals surface area contributed by atoms with Crippen LogP contribution in [-0.2, 0) is 0 Å². The fraction of sp³-hybridized carbons (Fsp3) is 0.588. The number of carbonyl (C=O) groups is 1. The summed E-state index contributed by atoms with van der Waals surface area (Å²) in [6, 6.07) is 5.46. The number of ether oxygens (including phenoxy) is 2. The van der Waals surface area contributed by atoms with Crippen LogP contribution in [-0.4, -0.2) is 26.8 Å². The summed E-state index contributed by atoms with van der Waals surface area (Å²) in [6.07, 6.45) is 5.03. The number of benzene rings is 1. The van der Waals surface area contributed by atoms with E-state index in [0.717, 1.165) is 12.1 Å². The summed E-state index contributed by atoms with van der Waals surface area (Å²) in [6.45, 7) is 2.72. The summed E-state index contributed by atoms with van der Waals surface area (Å²) in [5, 5.41) is 5.93. The normalized spacial score (nSPS) is 16.1. The maximum absolute atomic E-state index is 12.0. The number of amides is 2. The quantitative estimate of drug-likeness (QED) is 0.848. The third-order valence-electron chi connectivity index (χ3n) is 4.28. The van der Waals surface area contributed by atoms with Crippen LogP contribution >= 0.6 is 0 Å². The van der Waals surface area contributed by atoms with Gasteiger partial charge in [-0.05, 0) is 43.4 Å². The Hall–Kier alpha value is -1.91. The lowest BCUT2D eigenvalue weighted by Crippen LogP contribution is -2.39. The topological polar surface area (TPSA) is 59.6 Å². The Balaban J connectivity index is 1.87. The molecule has 22 heavy (non-hydrogen) atoms. The lowest BCUT2D eigenvalue weighted by molar-refractivity contribution is 0.236. The van der Waals surface area contributed by atoms with Crippen molar-refractivity contribution in [3.8, 4) is 11.5 Å². The van der Waals surface area contributed by atoms with Crippen molar-refractivity contribution < 1.29 is 14.3 Å². The maximum atomic E-state index is 12.0. The first-order valence-corrected chi connectivity index (χ1v) is 7.90. The van der Waals surface area contributed by atoms with E-state index in [4.69, 9.17) is 9.47 Å². The third-order valence-corrected chi connectivity index (χ3v) is 4.28. The van der Waals surface area contributed by atoms with E-state index < -0.39 is 0 Å². The van der Waals surface area contributed by atoms with E-state index in [2.05, 4.69) is 10.6 Å². The van der Waals surface area contributed by atoms with E-state index in [9.17, 15) is 4.79 Å². The zero-order valence-electron chi connectivity index (χ0n) is 13.6. The molecule has 1 aliphatic rings. The molecule has 1 saturated carbocycles. The average Bonchev–Trinajstić information content (AvgIpc) is 3.05. The molecule has 1 fully saturated rings. The SMILES string of the molecule is COc1ccc(C(C)NC(=O)NCC2CCCC2)cc1OC. The summed E-state index contributed by atoms with van der Waals surface area (Å²) >= 11 is 0. The highest BCUT2D eigenvalue weighted by molar-refractivity contribution is 5.74. The molecule has 2 N–H and O–H groups in total. The van der Waals surface area contributed by atoms with Crippen molar-refractivity contribution in [1.29, 1.82) is 0 Å². The molecule has 1 aromatic carbocycles. The van der Waals surface area contributed by atoms with Gasteiger partial charge in [-0.15, -0.1) is 0 Å². The summed E-state index contributed by atoms with van der Waals surface area (Å²) < 4.78 is 10.5. The van der Waals surface area contributed by atoms with E-state index in [1.807, 2.05) is 25.1 Å². The van der Waals surface area contributed by atoms with Gasteiger partial charge in [-0.1, -0.05) is 18.9 Å². The molecule has 5 heteroatoms. The van der Waals surface area contributed by atoms with Crippen LogP contribution in [0.25, 0.3) is 0 Å². The lowest BCUT2D eigenvalue weighted by Gasteiger charge is -2.18. The number of urea groups is 1. The van der Waals surface area contributed by atoms with Crippen molar-refractivity contribution in [2.45, 2.75) is 38.6 Å². The molecule has 0 aliphatic heterocycles. The molecule has 0 saturated heterocycles. The van der Waals surface area contributed by atoms with Crippen molar-refractivity contribution in [1.82, 2.24) is 10.6 Å². The summed E-state index contributed by atoms with van der Waals surface area (Å²) in [5.74, 6) is 1.99. The Bertz CT molecular complexity index is 499. The van der Waals surface area contributed by atoms with Gasteiger partial charge in [-0.2, -0.15) is 0 Å². The Morgan fingerprint density at radius 2 is 1.91 bits per heavy atom. The number of hydrogen-bond donors (Lipinski definition) is 2. The van der Waals surface area contributed by atoms with Crippen LogP contribution in [0.15, 0.2) is 18.2 Å². The van der Waals surface area contributed by atoms with Crippen molar-refractivity contribution in [3.63, 3.8) is 0 Å². The van der Waals surface area contributed by atoms with Crippen molar-refractivity contribution >= 4 is 6.03 Å². The fourth-order valence-corrected chi connectivity index (χ4v) is 2.90. The maximum Gasteiger partial charge on any atom is 0.315 e. The molecule has 1 aliphatic carbocycles. The largest absolute Gasteiger partial charge is 0.493 e.